The molecule has 0 aliphatic carbocycles. The van der Waals surface area contributed by atoms with E-state index in [1.54, 1.807) is 6.92 Å². The quantitative estimate of drug-likeness (QED) is 0.672. The number of carbonyl (C=O) groups excluding carboxylic acids is 1. The average molecular weight is 200 g/mol. The molecule has 14 heavy (non-hydrogen) atoms. The number of rotatable bonds is 3. The van der Waals surface area contributed by atoms with Gasteiger partial charge in [-0.25, -0.2) is 0 Å². The van der Waals surface area contributed by atoms with Gasteiger partial charge in [0.05, 0.1) is 6.61 Å². The summed E-state index contributed by atoms with van der Waals surface area (Å²) in [5, 5.41) is 12.0. The fourth-order valence-electron chi connectivity index (χ4n) is 1.88. The number of hydrogen-bond donors (Lipinski definition) is 2. The molecule has 0 spiro atoms. The van der Waals surface area contributed by atoms with Crippen LogP contribution >= 0.6 is 0 Å². The highest BCUT2D eigenvalue weighted by molar-refractivity contribution is 5.73. The van der Waals surface area contributed by atoms with Crippen LogP contribution in [0.4, 0.5) is 0 Å². The molecule has 1 saturated heterocycles. The van der Waals surface area contributed by atoms with Crippen molar-refractivity contribution in [2.75, 3.05) is 26.2 Å². The first kappa shape index (κ1) is 11.5. The van der Waals surface area contributed by atoms with Gasteiger partial charge in [0.1, 0.15) is 0 Å². The van der Waals surface area contributed by atoms with Crippen LogP contribution in [0.1, 0.15) is 26.2 Å². The van der Waals surface area contributed by atoms with E-state index in [9.17, 15) is 4.79 Å². The first-order valence-corrected chi connectivity index (χ1v) is 5.34. The molecule has 1 unspecified atom stereocenters. The molecule has 4 heteroatoms. The molecule has 1 heterocycles. The number of carbonyl (C=O) groups is 1. The second-order valence-corrected chi connectivity index (χ2v) is 3.81. The number of aliphatic hydroxyl groups excluding tert-OH is 1. The summed E-state index contributed by atoms with van der Waals surface area (Å²) in [5.41, 5.74) is 0. The minimum Gasteiger partial charge on any atom is -0.395 e. The van der Waals surface area contributed by atoms with Gasteiger partial charge >= 0.3 is 0 Å². The molecule has 0 bridgehead atoms. The van der Waals surface area contributed by atoms with E-state index in [1.165, 1.54) is 0 Å². The molecule has 0 aromatic heterocycles. The first-order chi connectivity index (χ1) is 6.74. The fraction of sp³-hybridized carbons (Fsp3) is 0.900. The molecule has 4 nitrogen and oxygen atoms in total. The van der Waals surface area contributed by atoms with Crippen LogP contribution in [-0.2, 0) is 4.79 Å². The molecule has 1 amide bonds. The van der Waals surface area contributed by atoms with Crippen LogP contribution in [0.5, 0.6) is 0 Å². The summed E-state index contributed by atoms with van der Waals surface area (Å²) in [6, 6.07) is 0.464. The Morgan fingerprint density at radius 1 is 1.50 bits per heavy atom. The monoisotopic (exact) mass is 200 g/mol. The van der Waals surface area contributed by atoms with Crippen molar-refractivity contribution in [3.05, 3.63) is 0 Å². The predicted octanol–water partition coefficient (Wildman–Crippen LogP) is -0.0307. The number of hydrogen-bond acceptors (Lipinski definition) is 3. The first-order valence-electron chi connectivity index (χ1n) is 5.34. The van der Waals surface area contributed by atoms with Crippen LogP contribution in [0.2, 0.25) is 0 Å². The number of amides is 1. The summed E-state index contributed by atoms with van der Waals surface area (Å²) >= 11 is 0. The van der Waals surface area contributed by atoms with Gasteiger partial charge in [-0.1, -0.05) is 0 Å². The van der Waals surface area contributed by atoms with Crippen molar-refractivity contribution in [1.82, 2.24) is 10.2 Å². The maximum atomic E-state index is 11.1. The van der Waals surface area contributed by atoms with Gasteiger partial charge < -0.3 is 15.3 Å². The summed E-state index contributed by atoms with van der Waals surface area (Å²) in [4.78, 5) is 13.0. The Morgan fingerprint density at radius 3 is 2.93 bits per heavy atom. The van der Waals surface area contributed by atoms with Crippen LogP contribution in [0.3, 0.4) is 0 Å². The summed E-state index contributed by atoms with van der Waals surface area (Å²) in [6.07, 6.45) is 3.16. The van der Waals surface area contributed by atoms with Gasteiger partial charge in [-0.2, -0.15) is 0 Å². The third kappa shape index (κ3) is 3.64. The topological polar surface area (TPSA) is 52.6 Å². The van der Waals surface area contributed by atoms with Crippen LogP contribution in [0, 0.1) is 0 Å². The summed E-state index contributed by atoms with van der Waals surface area (Å²) in [5.74, 6) is 0.174. The minimum atomic E-state index is 0.174. The standard InChI is InChI=1S/C10H20N2O2/c1-9(14)12-6-2-3-10(4-7-12)11-5-8-13/h10-11,13H,2-8H2,1H3. The zero-order valence-corrected chi connectivity index (χ0v) is 8.83. The largest absolute Gasteiger partial charge is 0.395 e. The lowest BCUT2D eigenvalue weighted by Gasteiger charge is -2.18. The molecule has 1 fully saturated rings. The van der Waals surface area contributed by atoms with Gasteiger partial charge in [-0.05, 0) is 19.3 Å². The average Bonchev–Trinajstić information content (AvgIpc) is 2.39. The molecule has 2 N–H and O–H groups in total. The van der Waals surface area contributed by atoms with E-state index >= 15 is 0 Å². The van der Waals surface area contributed by atoms with Crippen molar-refractivity contribution < 1.29 is 9.90 Å². The van der Waals surface area contributed by atoms with Crippen LogP contribution < -0.4 is 5.32 Å². The Morgan fingerprint density at radius 2 is 2.29 bits per heavy atom. The van der Waals surface area contributed by atoms with Crippen LogP contribution in [0.25, 0.3) is 0 Å². The fourth-order valence-corrected chi connectivity index (χ4v) is 1.88. The van der Waals surface area contributed by atoms with Crippen molar-refractivity contribution in [3.8, 4) is 0 Å². The zero-order chi connectivity index (χ0) is 10.4. The molecule has 1 atom stereocenters. The normalized spacial score (nSPS) is 23.3. The van der Waals surface area contributed by atoms with E-state index in [4.69, 9.17) is 5.11 Å². The maximum absolute atomic E-state index is 11.1. The highest BCUT2D eigenvalue weighted by Gasteiger charge is 2.17. The molecule has 82 valence electrons. The van der Waals surface area contributed by atoms with Gasteiger partial charge in [-0.3, -0.25) is 4.79 Å². The minimum absolute atomic E-state index is 0.174. The lowest BCUT2D eigenvalue weighted by atomic mass is 10.1. The lowest BCUT2D eigenvalue weighted by molar-refractivity contribution is -0.128. The van der Waals surface area contributed by atoms with E-state index in [1.807, 2.05) is 4.90 Å². The van der Waals surface area contributed by atoms with Crippen molar-refractivity contribution in [3.63, 3.8) is 0 Å². The van der Waals surface area contributed by atoms with E-state index in [0.717, 1.165) is 32.4 Å². The molecule has 0 saturated carbocycles. The summed E-state index contributed by atoms with van der Waals surface area (Å²) in [7, 11) is 0. The van der Waals surface area contributed by atoms with Crippen molar-refractivity contribution in [2.24, 2.45) is 0 Å². The Bertz CT molecular complexity index is 185. The van der Waals surface area contributed by atoms with Gasteiger partial charge in [0.25, 0.3) is 0 Å². The van der Waals surface area contributed by atoms with Gasteiger partial charge in [0, 0.05) is 32.6 Å². The van der Waals surface area contributed by atoms with Gasteiger partial charge in [0.2, 0.25) is 5.91 Å². The third-order valence-electron chi connectivity index (χ3n) is 2.72. The Kier molecular flexibility index (Phi) is 4.90. The highest BCUT2D eigenvalue weighted by atomic mass is 16.3. The molecule has 1 aliphatic rings. The van der Waals surface area contributed by atoms with E-state index < -0.39 is 0 Å². The third-order valence-corrected chi connectivity index (χ3v) is 2.72. The van der Waals surface area contributed by atoms with Crippen LogP contribution in [-0.4, -0.2) is 48.2 Å². The number of likely N-dealkylation sites (tertiary alicyclic amines) is 1. The second-order valence-electron chi connectivity index (χ2n) is 3.81. The predicted molar refractivity (Wildman–Crippen MR) is 55.0 cm³/mol. The van der Waals surface area contributed by atoms with E-state index in [-0.39, 0.29) is 12.5 Å². The van der Waals surface area contributed by atoms with Crippen molar-refractivity contribution in [1.29, 1.82) is 0 Å². The molecule has 0 aromatic carbocycles. The van der Waals surface area contributed by atoms with Crippen molar-refractivity contribution >= 4 is 5.91 Å². The Balaban J connectivity index is 2.29. The molecule has 1 aliphatic heterocycles. The van der Waals surface area contributed by atoms with Gasteiger partial charge in [-0.15, -0.1) is 0 Å². The molecular weight excluding hydrogens is 180 g/mol. The Labute approximate surface area is 85.3 Å². The SMILES string of the molecule is CC(=O)N1CCCC(NCCO)CC1. The van der Waals surface area contributed by atoms with Crippen molar-refractivity contribution in [2.45, 2.75) is 32.2 Å². The second kappa shape index (κ2) is 5.98. The molecule has 1 rings (SSSR count). The molecule has 0 radical (unpaired) electrons. The molecule has 0 aromatic rings. The van der Waals surface area contributed by atoms with E-state index in [2.05, 4.69) is 5.32 Å². The smallest absolute Gasteiger partial charge is 0.219 e. The Hall–Kier alpha value is -0.610. The maximum Gasteiger partial charge on any atom is 0.219 e. The number of aliphatic hydroxyl groups is 1. The number of nitrogens with one attached hydrogen (secondary N) is 1. The lowest BCUT2D eigenvalue weighted by Crippen LogP contribution is -2.34. The van der Waals surface area contributed by atoms with Crippen LogP contribution in [0.15, 0.2) is 0 Å². The summed E-state index contributed by atoms with van der Waals surface area (Å²) in [6.45, 7) is 4.20. The molecular formula is C10H20N2O2. The zero-order valence-electron chi connectivity index (χ0n) is 8.83. The summed E-state index contributed by atoms with van der Waals surface area (Å²) < 4.78 is 0. The van der Waals surface area contributed by atoms with E-state index in [0.29, 0.717) is 12.6 Å². The highest BCUT2D eigenvalue weighted by Crippen LogP contribution is 2.10. The van der Waals surface area contributed by atoms with Gasteiger partial charge in [0.15, 0.2) is 0 Å². The number of nitrogens with zero attached hydrogens (tertiary/aromatic N) is 1.